The van der Waals surface area contributed by atoms with Gasteiger partial charge in [-0.25, -0.2) is 8.78 Å². The minimum absolute atomic E-state index is 0.207. The number of nitrogens with two attached hydrogens (primary N) is 1. The Labute approximate surface area is 90.2 Å². The molecule has 15 heavy (non-hydrogen) atoms. The highest BCUT2D eigenvalue weighted by molar-refractivity contribution is 6.33. The van der Waals surface area contributed by atoms with Crippen molar-refractivity contribution in [3.8, 4) is 0 Å². The van der Waals surface area contributed by atoms with Crippen LogP contribution < -0.4 is 11.1 Å². The number of nitrogens with one attached hydrogen (secondary N) is 1. The first-order valence-electron chi connectivity index (χ1n) is 4.13. The average molecular weight is 235 g/mol. The molecule has 1 atom stereocenters. The molecular weight excluding hydrogens is 226 g/mol. The third-order valence-electron chi connectivity index (χ3n) is 1.67. The molecule has 0 fully saturated rings. The van der Waals surface area contributed by atoms with Gasteiger partial charge in [-0.2, -0.15) is 0 Å². The van der Waals surface area contributed by atoms with Gasteiger partial charge in [-0.3, -0.25) is 4.79 Å². The molecule has 0 heterocycles. The van der Waals surface area contributed by atoms with E-state index in [2.05, 4.69) is 5.32 Å². The zero-order chi connectivity index (χ0) is 11.6. The van der Waals surface area contributed by atoms with Crippen LogP contribution in [0.3, 0.4) is 0 Å². The van der Waals surface area contributed by atoms with Crippen molar-refractivity contribution in [1.29, 1.82) is 0 Å². The van der Waals surface area contributed by atoms with Crippen molar-refractivity contribution in [3.63, 3.8) is 0 Å². The van der Waals surface area contributed by atoms with Crippen molar-refractivity contribution < 1.29 is 13.6 Å². The molecule has 0 aliphatic rings. The molecule has 1 aromatic carbocycles. The van der Waals surface area contributed by atoms with Crippen molar-refractivity contribution in [2.45, 2.75) is 13.0 Å². The highest BCUT2D eigenvalue weighted by Gasteiger charge is 2.14. The van der Waals surface area contributed by atoms with Crippen LogP contribution in [0, 0.1) is 11.6 Å². The lowest BCUT2D eigenvalue weighted by molar-refractivity contribution is -0.117. The summed E-state index contributed by atoms with van der Waals surface area (Å²) in [4.78, 5) is 11.1. The second-order valence-electron chi connectivity index (χ2n) is 3.02. The van der Waals surface area contributed by atoms with Gasteiger partial charge in [0, 0.05) is 6.07 Å². The van der Waals surface area contributed by atoms with Crippen molar-refractivity contribution in [1.82, 2.24) is 0 Å². The minimum atomic E-state index is -0.936. The van der Waals surface area contributed by atoms with Gasteiger partial charge in [0.05, 0.1) is 16.8 Å². The van der Waals surface area contributed by atoms with Crippen LogP contribution in [-0.4, -0.2) is 11.9 Å². The molecule has 0 saturated heterocycles. The molecule has 0 aliphatic carbocycles. The maximum absolute atomic E-state index is 13.2. The predicted molar refractivity (Wildman–Crippen MR) is 53.6 cm³/mol. The van der Waals surface area contributed by atoms with E-state index in [1.807, 2.05) is 0 Å². The van der Waals surface area contributed by atoms with Crippen LogP contribution in [0.15, 0.2) is 12.1 Å². The predicted octanol–water partition coefficient (Wildman–Crippen LogP) is 1.90. The number of hydrogen-bond acceptors (Lipinski definition) is 2. The normalized spacial score (nSPS) is 12.3. The lowest BCUT2D eigenvalue weighted by atomic mass is 10.2. The fourth-order valence-corrected chi connectivity index (χ4v) is 1.14. The molecule has 1 unspecified atom stereocenters. The van der Waals surface area contributed by atoms with Gasteiger partial charge in [-0.1, -0.05) is 11.6 Å². The first-order valence-corrected chi connectivity index (χ1v) is 4.50. The van der Waals surface area contributed by atoms with Crippen LogP contribution in [0.25, 0.3) is 0 Å². The van der Waals surface area contributed by atoms with Gasteiger partial charge in [0.25, 0.3) is 0 Å². The van der Waals surface area contributed by atoms with Crippen LogP contribution in [0.1, 0.15) is 6.92 Å². The Kier molecular flexibility index (Phi) is 3.60. The standard InChI is InChI=1S/C9H9ClF2N2O/c1-4(13)9(15)14-8-6(10)2-5(11)3-7(8)12/h2-4H,13H2,1H3,(H,14,15). The molecule has 6 heteroatoms. The van der Waals surface area contributed by atoms with Gasteiger partial charge in [0.2, 0.25) is 5.91 Å². The van der Waals surface area contributed by atoms with Crippen LogP contribution in [0.5, 0.6) is 0 Å². The second-order valence-corrected chi connectivity index (χ2v) is 3.43. The number of amides is 1. The summed E-state index contributed by atoms with van der Waals surface area (Å²) in [5.41, 5.74) is 5.00. The highest BCUT2D eigenvalue weighted by Crippen LogP contribution is 2.26. The fourth-order valence-electron chi connectivity index (χ4n) is 0.899. The number of hydrogen-bond donors (Lipinski definition) is 2. The molecule has 0 aliphatic heterocycles. The molecule has 0 spiro atoms. The Morgan fingerprint density at radius 1 is 1.53 bits per heavy atom. The van der Waals surface area contributed by atoms with Gasteiger partial charge in [-0.15, -0.1) is 0 Å². The van der Waals surface area contributed by atoms with Gasteiger partial charge in [-0.05, 0) is 13.0 Å². The molecule has 3 nitrogen and oxygen atoms in total. The summed E-state index contributed by atoms with van der Waals surface area (Å²) in [6.07, 6.45) is 0. The molecule has 1 rings (SSSR count). The number of halogens is 3. The molecule has 0 radical (unpaired) electrons. The summed E-state index contributed by atoms with van der Waals surface area (Å²) in [7, 11) is 0. The largest absolute Gasteiger partial charge is 0.321 e. The molecule has 82 valence electrons. The van der Waals surface area contributed by atoms with E-state index in [0.717, 1.165) is 6.07 Å². The van der Waals surface area contributed by atoms with E-state index in [0.29, 0.717) is 6.07 Å². The summed E-state index contributed by atoms with van der Waals surface area (Å²) in [5, 5.41) is 1.96. The average Bonchev–Trinajstić information content (AvgIpc) is 2.10. The zero-order valence-electron chi connectivity index (χ0n) is 7.85. The van der Waals surface area contributed by atoms with E-state index in [-0.39, 0.29) is 10.7 Å². The van der Waals surface area contributed by atoms with E-state index < -0.39 is 23.6 Å². The van der Waals surface area contributed by atoms with E-state index in [1.165, 1.54) is 6.92 Å². The monoisotopic (exact) mass is 234 g/mol. The number of benzene rings is 1. The lowest BCUT2D eigenvalue weighted by Crippen LogP contribution is -2.32. The number of carbonyl (C=O) groups is 1. The topological polar surface area (TPSA) is 55.1 Å². The first-order chi connectivity index (χ1) is 6.91. The fraction of sp³-hybridized carbons (Fsp3) is 0.222. The summed E-state index contributed by atoms with van der Waals surface area (Å²) >= 11 is 5.55. The van der Waals surface area contributed by atoms with Crippen LogP contribution >= 0.6 is 11.6 Å². The SMILES string of the molecule is CC(N)C(=O)Nc1c(F)cc(F)cc1Cl. The minimum Gasteiger partial charge on any atom is -0.321 e. The van der Waals surface area contributed by atoms with Gasteiger partial charge < -0.3 is 11.1 Å². The van der Waals surface area contributed by atoms with Crippen molar-refractivity contribution >= 4 is 23.2 Å². The highest BCUT2D eigenvalue weighted by atomic mass is 35.5. The van der Waals surface area contributed by atoms with Gasteiger partial charge >= 0.3 is 0 Å². The summed E-state index contributed by atoms with van der Waals surface area (Å²) in [6.45, 7) is 1.44. The van der Waals surface area contributed by atoms with Gasteiger partial charge in [0.15, 0.2) is 5.82 Å². The summed E-state index contributed by atoms with van der Waals surface area (Å²) < 4.78 is 25.8. The number of carbonyl (C=O) groups excluding carboxylic acids is 1. The number of anilines is 1. The lowest BCUT2D eigenvalue weighted by Gasteiger charge is -2.10. The molecule has 0 bridgehead atoms. The molecule has 0 aromatic heterocycles. The first kappa shape index (κ1) is 11.9. The van der Waals surface area contributed by atoms with Crippen molar-refractivity contribution in [2.75, 3.05) is 5.32 Å². The Balaban J connectivity index is 3.00. The summed E-state index contributed by atoms with van der Waals surface area (Å²) in [6, 6.07) is 0.731. The van der Waals surface area contributed by atoms with Crippen molar-refractivity contribution in [3.05, 3.63) is 28.8 Å². The van der Waals surface area contributed by atoms with E-state index in [9.17, 15) is 13.6 Å². The smallest absolute Gasteiger partial charge is 0.241 e. The van der Waals surface area contributed by atoms with Gasteiger partial charge in [0.1, 0.15) is 5.82 Å². The molecule has 0 saturated carbocycles. The maximum atomic E-state index is 13.2. The van der Waals surface area contributed by atoms with Crippen molar-refractivity contribution in [2.24, 2.45) is 5.73 Å². The Bertz CT molecular complexity index is 373. The Morgan fingerprint density at radius 3 is 2.60 bits per heavy atom. The summed E-state index contributed by atoms with van der Waals surface area (Å²) in [5.74, 6) is -2.34. The quantitative estimate of drug-likeness (QED) is 0.821. The maximum Gasteiger partial charge on any atom is 0.241 e. The van der Waals surface area contributed by atoms with Crippen LogP contribution in [-0.2, 0) is 4.79 Å². The molecule has 1 aromatic rings. The Hall–Kier alpha value is -1.20. The third-order valence-corrected chi connectivity index (χ3v) is 1.97. The molecular formula is C9H9ClF2N2O. The van der Waals surface area contributed by atoms with E-state index in [1.54, 1.807) is 0 Å². The van der Waals surface area contributed by atoms with Crippen LogP contribution in [0.4, 0.5) is 14.5 Å². The molecule has 3 N–H and O–H groups in total. The van der Waals surface area contributed by atoms with E-state index >= 15 is 0 Å². The third kappa shape index (κ3) is 2.87. The second kappa shape index (κ2) is 4.55. The van der Waals surface area contributed by atoms with E-state index in [4.69, 9.17) is 17.3 Å². The Morgan fingerprint density at radius 2 is 2.13 bits per heavy atom. The number of rotatable bonds is 2. The zero-order valence-corrected chi connectivity index (χ0v) is 8.61. The molecule has 1 amide bonds. The van der Waals surface area contributed by atoms with Crippen LogP contribution in [0.2, 0.25) is 5.02 Å².